The van der Waals surface area contributed by atoms with E-state index in [9.17, 15) is 0 Å². The van der Waals surface area contributed by atoms with Crippen molar-refractivity contribution >= 4 is 76.8 Å². The molecule has 4 nitrogen and oxygen atoms in total. The first-order chi connectivity index (χ1) is 26.3. The molecule has 2 bridgehead atoms. The average molecular weight is 678 g/mol. The molecule has 0 spiro atoms. The van der Waals surface area contributed by atoms with Crippen LogP contribution >= 0.6 is 0 Å². The van der Waals surface area contributed by atoms with Gasteiger partial charge < -0.3 is 14.3 Å². The zero-order valence-corrected chi connectivity index (χ0v) is 28.7. The first kappa shape index (κ1) is 28.8. The summed E-state index contributed by atoms with van der Waals surface area (Å²) in [5, 5.41) is 13.6. The predicted molar refractivity (Wildman–Crippen MR) is 219 cm³/mol. The third kappa shape index (κ3) is 4.15. The molecule has 0 saturated heterocycles. The lowest BCUT2D eigenvalue weighted by molar-refractivity contribution is 0.669. The topological polar surface area (TPSA) is 42.5 Å². The molecule has 1 N–H and O–H groups in total. The molecule has 4 heterocycles. The number of aliphatic imine (C=N–C) groups is 1. The van der Waals surface area contributed by atoms with Crippen LogP contribution in [0.15, 0.2) is 179 Å². The molecule has 248 valence electrons. The van der Waals surface area contributed by atoms with Crippen molar-refractivity contribution in [3.05, 3.63) is 192 Å². The molecule has 4 heteroatoms. The van der Waals surface area contributed by atoms with E-state index in [-0.39, 0.29) is 6.04 Å². The van der Waals surface area contributed by atoms with Crippen LogP contribution in [0.1, 0.15) is 28.3 Å². The van der Waals surface area contributed by atoms with Crippen molar-refractivity contribution in [1.29, 1.82) is 0 Å². The molecule has 12 rings (SSSR count). The quantitative estimate of drug-likeness (QED) is 0.198. The molecule has 1 atom stereocenters. The third-order valence-corrected chi connectivity index (χ3v) is 11.4. The summed E-state index contributed by atoms with van der Waals surface area (Å²) in [4.78, 5) is 5.75. The highest BCUT2D eigenvalue weighted by molar-refractivity contribution is 6.22. The van der Waals surface area contributed by atoms with Crippen molar-refractivity contribution in [1.82, 2.24) is 9.88 Å². The molecule has 1 unspecified atom stereocenters. The highest BCUT2D eigenvalue weighted by Crippen LogP contribution is 2.45. The highest BCUT2D eigenvalue weighted by atomic mass is 16.3. The van der Waals surface area contributed by atoms with Crippen molar-refractivity contribution in [2.75, 3.05) is 0 Å². The Kier molecular flexibility index (Phi) is 5.86. The minimum Gasteiger partial charge on any atom is -0.456 e. The van der Waals surface area contributed by atoms with Crippen LogP contribution in [-0.2, 0) is 6.42 Å². The SMILES string of the molecule is c1ccc2c(c1)C1N=C(c3cccc4oc5ccccc5c34)NC(c3ccc4ccccc4c3)=C1Cc1ccc3c4c5ccccc5ccc4n-2c3c1. The lowest BCUT2D eigenvalue weighted by atomic mass is 9.87. The number of fused-ring (bicyclic) bond motifs is 14. The number of para-hydroxylation sites is 2. The van der Waals surface area contributed by atoms with Crippen LogP contribution in [0, 0.1) is 0 Å². The van der Waals surface area contributed by atoms with Crippen LogP contribution in [0.5, 0.6) is 0 Å². The fourth-order valence-corrected chi connectivity index (χ4v) is 9.07. The lowest BCUT2D eigenvalue weighted by Gasteiger charge is -2.30. The Hall–Kier alpha value is -6.91. The van der Waals surface area contributed by atoms with Gasteiger partial charge in [0.05, 0.1) is 16.7 Å². The van der Waals surface area contributed by atoms with Crippen LogP contribution < -0.4 is 5.32 Å². The molecule has 2 aliphatic heterocycles. The van der Waals surface area contributed by atoms with Gasteiger partial charge in [0.2, 0.25) is 0 Å². The average Bonchev–Trinajstić information content (AvgIpc) is 3.77. The first-order valence-corrected chi connectivity index (χ1v) is 18.3. The van der Waals surface area contributed by atoms with Gasteiger partial charge in [-0.25, -0.2) is 0 Å². The third-order valence-electron chi connectivity index (χ3n) is 11.4. The smallest absolute Gasteiger partial charge is 0.136 e. The summed E-state index contributed by atoms with van der Waals surface area (Å²) in [7, 11) is 0. The van der Waals surface area contributed by atoms with E-state index in [2.05, 4.69) is 162 Å². The van der Waals surface area contributed by atoms with Crippen molar-refractivity contribution in [3.8, 4) is 5.69 Å². The van der Waals surface area contributed by atoms with Gasteiger partial charge in [-0.05, 0) is 81.1 Å². The molecule has 2 aliphatic rings. The zero-order valence-electron chi connectivity index (χ0n) is 28.7. The number of furan rings is 1. The number of hydrogen-bond donors (Lipinski definition) is 1. The number of amidine groups is 1. The zero-order chi connectivity index (χ0) is 34.6. The number of hydrogen-bond acceptors (Lipinski definition) is 3. The molecule has 0 aliphatic carbocycles. The Morgan fingerprint density at radius 3 is 2.28 bits per heavy atom. The van der Waals surface area contributed by atoms with Gasteiger partial charge in [0.15, 0.2) is 0 Å². The van der Waals surface area contributed by atoms with Gasteiger partial charge in [-0.15, -0.1) is 0 Å². The standard InChI is InChI=1S/C49H31N3O/c1-2-12-32-28-33(22-21-30(32)10-1)47-39-26-29-20-24-35-42(27-29)52(41-25-23-31-11-3-4-13-34(31)45(35)41)40-17-7-5-14-36(40)48(39)51-49(50-47)38-16-9-19-44-46(38)37-15-6-8-18-43(37)53-44/h1-25,27-28,48H,26H2,(H,50,51). The first-order valence-electron chi connectivity index (χ1n) is 18.3. The summed E-state index contributed by atoms with van der Waals surface area (Å²) >= 11 is 0. The predicted octanol–water partition coefficient (Wildman–Crippen LogP) is 12.0. The molecule has 0 saturated carbocycles. The summed E-state index contributed by atoms with van der Waals surface area (Å²) in [5.74, 6) is 0.841. The second kappa shape index (κ2) is 10.8. The van der Waals surface area contributed by atoms with E-state index < -0.39 is 0 Å². The Morgan fingerprint density at radius 1 is 0.566 bits per heavy atom. The molecule has 0 fully saturated rings. The Balaban J connectivity index is 1.18. The van der Waals surface area contributed by atoms with Crippen LogP contribution in [-0.4, -0.2) is 10.4 Å². The van der Waals surface area contributed by atoms with Crippen molar-refractivity contribution in [2.24, 2.45) is 4.99 Å². The molecule has 2 aromatic heterocycles. The second-order valence-corrected chi connectivity index (χ2v) is 14.3. The fraction of sp³-hybridized carbons (Fsp3) is 0.0408. The number of aromatic nitrogens is 1. The van der Waals surface area contributed by atoms with Gasteiger partial charge in [-0.3, -0.25) is 4.99 Å². The monoisotopic (exact) mass is 677 g/mol. The summed E-state index contributed by atoms with van der Waals surface area (Å²) in [6.07, 6.45) is 0.752. The minimum absolute atomic E-state index is 0.250. The Morgan fingerprint density at radius 2 is 1.34 bits per heavy atom. The molecule has 0 radical (unpaired) electrons. The maximum Gasteiger partial charge on any atom is 0.136 e. The van der Waals surface area contributed by atoms with Gasteiger partial charge >= 0.3 is 0 Å². The number of rotatable bonds is 2. The Bertz CT molecular complexity index is 3250. The number of benzene rings is 8. The number of nitrogens with one attached hydrogen (secondary N) is 1. The highest BCUT2D eigenvalue weighted by Gasteiger charge is 2.32. The molecule has 8 aromatic carbocycles. The van der Waals surface area contributed by atoms with E-state index in [1.54, 1.807) is 0 Å². The van der Waals surface area contributed by atoms with E-state index in [4.69, 9.17) is 9.41 Å². The summed E-state index contributed by atoms with van der Waals surface area (Å²) in [6, 6.07) is 59.0. The molecular weight excluding hydrogens is 647 g/mol. The summed E-state index contributed by atoms with van der Waals surface area (Å²) in [5.41, 5.74) is 12.3. The summed E-state index contributed by atoms with van der Waals surface area (Å²) in [6.45, 7) is 0. The molecule has 53 heavy (non-hydrogen) atoms. The number of nitrogens with zero attached hydrogens (tertiary/aromatic N) is 2. The second-order valence-electron chi connectivity index (χ2n) is 14.3. The van der Waals surface area contributed by atoms with E-state index >= 15 is 0 Å². The summed E-state index contributed by atoms with van der Waals surface area (Å²) < 4.78 is 8.86. The lowest BCUT2D eigenvalue weighted by Crippen LogP contribution is -2.31. The fourth-order valence-electron chi connectivity index (χ4n) is 9.07. The van der Waals surface area contributed by atoms with Gasteiger partial charge in [-0.1, -0.05) is 127 Å². The van der Waals surface area contributed by atoms with Crippen molar-refractivity contribution in [3.63, 3.8) is 0 Å². The largest absolute Gasteiger partial charge is 0.456 e. The van der Waals surface area contributed by atoms with Gasteiger partial charge in [-0.2, -0.15) is 0 Å². The van der Waals surface area contributed by atoms with Gasteiger partial charge in [0.1, 0.15) is 23.0 Å². The van der Waals surface area contributed by atoms with Crippen molar-refractivity contribution in [2.45, 2.75) is 12.5 Å². The minimum atomic E-state index is -0.250. The molecule has 10 aromatic rings. The Labute approximate surface area is 304 Å². The van der Waals surface area contributed by atoms with Gasteiger partial charge in [0.25, 0.3) is 0 Å². The van der Waals surface area contributed by atoms with Crippen LogP contribution in [0.4, 0.5) is 0 Å². The maximum absolute atomic E-state index is 6.38. The van der Waals surface area contributed by atoms with Crippen LogP contribution in [0.2, 0.25) is 0 Å². The molecular formula is C49H31N3O. The van der Waals surface area contributed by atoms with Crippen LogP contribution in [0.3, 0.4) is 0 Å². The maximum atomic E-state index is 6.38. The van der Waals surface area contributed by atoms with Gasteiger partial charge in [0, 0.05) is 38.4 Å². The van der Waals surface area contributed by atoms with Crippen molar-refractivity contribution < 1.29 is 4.42 Å². The van der Waals surface area contributed by atoms with E-state index in [0.717, 1.165) is 56.7 Å². The molecule has 0 amide bonds. The van der Waals surface area contributed by atoms with E-state index in [1.165, 1.54) is 60.1 Å². The van der Waals surface area contributed by atoms with E-state index in [1.807, 2.05) is 12.1 Å². The van der Waals surface area contributed by atoms with E-state index in [0.29, 0.717) is 0 Å². The van der Waals surface area contributed by atoms with Crippen LogP contribution in [0.25, 0.3) is 76.7 Å². The normalized spacial score (nSPS) is 15.5.